The van der Waals surface area contributed by atoms with E-state index in [-0.39, 0.29) is 5.41 Å². The molecule has 0 saturated heterocycles. The second-order valence-corrected chi connectivity index (χ2v) is 7.48. The van der Waals surface area contributed by atoms with Crippen LogP contribution in [0.15, 0.2) is 60.2 Å². The highest BCUT2D eigenvalue weighted by atomic mass is 16.5. The molecule has 0 spiro atoms. The number of allylic oxidation sites excluding steroid dienone is 1. The molecule has 2 heteroatoms. The van der Waals surface area contributed by atoms with Gasteiger partial charge in [-0.1, -0.05) is 48.0 Å². The first kappa shape index (κ1) is 17.1. The van der Waals surface area contributed by atoms with Gasteiger partial charge < -0.3 is 4.74 Å². The van der Waals surface area contributed by atoms with E-state index in [0.717, 1.165) is 44.3 Å². The van der Waals surface area contributed by atoms with E-state index >= 15 is 0 Å². The lowest BCUT2D eigenvalue weighted by molar-refractivity contribution is 0.0369. The number of ether oxygens (including phenoxy) is 1. The monoisotopic (exact) mass is 343 g/mol. The Labute approximate surface area is 156 Å². The van der Waals surface area contributed by atoms with Crippen LogP contribution in [0.5, 0.6) is 0 Å². The van der Waals surface area contributed by atoms with Gasteiger partial charge in [0.25, 0.3) is 0 Å². The molecule has 0 amide bonds. The minimum absolute atomic E-state index is 0.0521. The lowest BCUT2D eigenvalue weighted by Gasteiger charge is -2.46. The molecule has 1 saturated carbocycles. The number of benzene rings is 2. The first-order valence-electron chi connectivity index (χ1n) is 9.63. The Morgan fingerprint density at radius 3 is 2.81 bits per heavy atom. The van der Waals surface area contributed by atoms with Gasteiger partial charge in [0.05, 0.1) is 17.7 Å². The minimum Gasteiger partial charge on any atom is -0.378 e. The summed E-state index contributed by atoms with van der Waals surface area (Å²) in [5.74, 6) is 0. The van der Waals surface area contributed by atoms with Crippen LogP contribution in [0.2, 0.25) is 0 Å². The summed E-state index contributed by atoms with van der Waals surface area (Å²) in [6.07, 6.45) is 7.94. The van der Waals surface area contributed by atoms with Crippen molar-refractivity contribution in [2.45, 2.75) is 50.5 Å². The first-order valence-corrected chi connectivity index (χ1v) is 9.63. The lowest BCUT2D eigenvalue weighted by Crippen LogP contribution is -2.41. The summed E-state index contributed by atoms with van der Waals surface area (Å²) in [5, 5.41) is 9.28. The molecule has 2 atom stereocenters. The zero-order chi connectivity index (χ0) is 18.0. The number of rotatable bonds is 4. The fourth-order valence-electron chi connectivity index (χ4n) is 4.85. The van der Waals surface area contributed by atoms with Gasteiger partial charge >= 0.3 is 0 Å². The zero-order valence-corrected chi connectivity index (χ0v) is 15.4. The van der Waals surface area contributed by atoms with E-state index < -0.39 is 0 Å². The molecule has 0 radical (unpaired) electrons. The van der Waals surface area contributed by atoms with Gasteiger partial charge in [0, 0.05) is 12.0 Å². The molecule has 2 aliphatic carbocycles. The van der Waals surface area contributed by atoms with Crippen molar-refractivity contribution in [3.63, 3.8) is 0 Å². The van der Waals surface area contributed by atoms with Crippen LogP contribution < -0.4 is 0 Å². The molecule has 4 rings (SSSR count). The molecule has 2 aromatic carbocycles. The van der Waals surface area contributed by atoms with Crippen molar-refractivity contribution in [3.8, 4) is 6.07 Å². The van der Waals surface area contributed by atoms with E-state index in [0.29, 0.717) is 6.10 Å². The molecule has 0 aliphatic heterocycles. The third kappa shape index (κ3) is 2.97. The van der Waals surface area contributed by atoms with Crippen molar-refractivity contribution in [2.75, 3.05) is 6.61 Å². The molecule has 26 heavy (non-hydrogen) atoms. The Hall–Kier alpha value is -2.37. The predicted octanol–water partition coefficient (Wildman–Crippen LogP) is 5.11. The molecule has 132 valence electrons. The third-order valence-electron chi connectivity index (χ3n) is 6.02. The normalized spacial score (nSPS) is 24.2. The maximum Gasteiger partial charge on any atom is 0.0991 e. The highest BCUT2D eigenvalue weighted by molar-refractivity contribution is 5.52. The van der Waals surface area contributed by atoms with Crippen LogP contribution in [0.25, 0.3) is 0 Å². The number of nitrogens with zero attached hydrogens (tertiary/aromatic N) is 1. The number of hydrogen-bond acceptors (Lipinski definition) is 2. The second kappa shape index (κ2) is 7.09. The van der Waals surface area contributed by atoms with E-state index in [1.807, 2.05) is 6.07 Å². The predicted molar refractivity (Wildman–Crippen MR) is 104 cm³/mol. The Morgan fingerprint density at radius 1 is 1.19 bits per heavy atom. The van der Waals surface area contributed by atoms with Gasteiger partial charge in [0.15, 0.2) is 0 Å². The van der Waals surface area contributed by atoms with Crippen molar-refractivity contribution in [2.24, 2.45) is 0 Å². The summed E-state index contributed by atoms with van der Waals surface area (Å²) in [6, 6.07) is 19.4. The summed E-state index contributed by atoms with van der Waals surface area (Å²) < 4.78 is 5.97. The van der Waals surface area contributed by atoms with Crippen LogP contribution in [0.1, 0.15) is 48.4 Å². The van der Waals surface area contributed by atoms with Crippen molar-refractivity contribution >= 4 is 0 Å². The molecule has 0 N–H and O–H groups in total. The summed E-state index contributed by atoms with van der Waals surface area (Å²) in [6.45, 7) is 2.87. The van der Waals surface area contributed by atoms with Crippen LogP contribution in [-0.4, -0.2) is 12.7 Å². The maximum absolute atomic E-state index is 9.28. The Morgan fingerprint density at radius 2 is 2.04 bits per heavy atom. The Kier molecular flexibility index (Phi) is 4.66. The molecule has 2 aliphatic rings. The van der Waals surface area contributed by atoms with Crippen molar-refractivity contribution in [1.82, 2.24) is 0 Å². The van der Waals surface area contributed by atoms with Crippen LogP contribution in [0.3, 0.4) is 0 Å². The number of nitriles is 1. The fourth-order valence-corrected chi connectivity index (χ4v) is 4.85. The number of fused-ring (bicyclic) bond motifs is 3. The van der Waals surface area contributed by atoms with Gasteiger partial charge in [-0.05, 0) is 67.9 Å². The van der Waals surface area contributed by atoms with Crippen molar-refractivity contribution < 1.29 is 4.74 Å². The summed E-state index contributed by atoms with van der Waals surface area (Å²) in [4.78, 5) is 0. The third-order valence-corrected chi connectivity index (χ3v) is 6.02. The fraction of sp³-hybridized carbons (Fsp3) is 0.375. The lowest BCUT2D eigenvalue weighted by atomic mass is 9.59. The average Bonchev–Trinajstić information content (AvgIpc) is 2.69. The Balaban J connectivity index is 1.78. The van der Waals surface area contributed by atoms with Crippen molar-refractivity contribution in [1.29, 1.82) is 5.26 Å². The molecule has 2 aromatic rings. The van der Waals surface area contributed by atoms with Crippen molar-refractivity contribution in [3.05, 3.63) is 82.4 Å². The van der Waals surface area contributed by atoms with E-state index in [4.69, 9.17) is 4.74 Å². The smallest absolute Gasteiger partial charge is 0.0991 e. The molecule has 0 bridgehead atoms. The zero-order valence-electron chi connectivity index (χ0n) is 15.4. The van der Waals surface area contributed by atoms with Crippen LogP contribution in [0.4, 0.5) is 0 Å². The summed E-state index contributed by atoms with van der Waals surface area (Å²) in [7, 11) is 0. The van der Waals surface area contributed by atoms with Crippen LogP contribution >= 0.6 is 0 Å². The second-order valence-electron chi connectivity index (χ2n) is 7.48. The van der Waals surface area contributed by atoms with Gasteiger partial charge in [0.1, 0.15) is 0 Å². The highest BCUT2D eigenvalue weighted by Gasteiger charge is 2.43. The standard InChI is InChI=1S/C24H25NO/c1-2-26-22-12-13-24(16-18-6-4-3-5-7-18)21(15-22)10-9-20-14-19(17-25)8-11-23(20)24/h3-8,10-11,14,22H,2,9,12-13,15-16H2,1H3/t22-,24+/m1/s1. The van der Waals surface area contributed by atoms with Crippen LogP contribution in [-0.2, 0) is 23.0 Å². The van der Waals surface area contributed by atoms with E-state index in [2.05, 4.69) is 61.5 Å². The first-order chi connectivity index (χ1) is 12.7. The van der Waals surface area contributed by atoms with Gasteiger partial charge in [-0.2, -0.15) is 5.26 Å². The van der Waals surface area contributed by atoms with Gasteiger partial charge in [-0.15, -0.1) is 0 Å². The molecule has 1 fully saturated rings. The van der Waals surface area contributed by atoms with Gasteiger partial charge in [0.2, 0.25) is 0 Å². The quantitative estimate of drug-likeness (QED) is 0.723. The summed E-state index contributed by atoms with van der Waals surface area (Å²) >= 11 is 0. The molecule has 0 heterocycles. The molecular formula is C24H25NO. The van der Waals surface area contributed by atoms with E-state index in [1.165, 1.54) is 22.3 Å². The molecule has 0 aromatic heterocycles. The number of hydrogen-bond donors (Lipinski definition) is 0. The largest absolute Gasteiger partial charge is 0.378 e. The SMILES string of the molecule is CCO[C@@H]1CC[C@]2(Cc3ccccc3)C(=CCc3cc(C#N)ccc32)C1. The topological polar surface area (TPSA) is 33.0 Å². The summed E-state index contributed by atoms with van der Waals surface area (Å²) in [5.41, 5.74) is 6.47. The van der Waals surface area contributed by atoms with E-state index in [1.54, 1.807) is 0 Å². The minimum atomic E-state index is 0.0521. The molecule has 0 unspecified atom stereocenters. The van der Waals surface area contributed by atoms with Gasteiger partial charge in [-0.25, -0.2) is 0 Å². The average molecular weight is 343 g/mol. The van der Waals surface area contributed by atoms with E-state index in [9.17, 15) is 5.26 Å². The van der Waals surface area contributed by atoms with Gasteiger partial charge in [-0.3, -0.25) is 0 Å². The van der Waals surface area contributed by atoms with Crippen LogP contribution in [0, 0.1) is 11.3 Å². The molecular weight excluding hydrogens is 318 g/mol. The molecule has 2 nitrogen and oxygen atoms in total. The Bertz CT molecular complexity index is 862. The maximum atomic E-state index is 9.28. The highest BCUT2D eigenvalue weighted by Crippen LogP contribution is 2.50.